The van der Waals surface area contributed by atoms with Gasteiger partial charge in [0.1, 0.15) is 0 Å². The second-order valence-electron chi connectivity index (χ2n) is 1.98. The van der Waals surface area contributed by atoms with Crippen molar-refractivity contribution in [1.29, 1.82) is 0 Å². The zero-order valence-corrected chi connectivity index (χ0v) is 6.26. The van der Waals surface area contributed by atoms with Crippen LogP contribution in [-0.4, -0.2) is 14.2 Å². The van der Waals surface area contributed by atoms with E-state index >= 15 is 0 Å². The third-order valence-electron chi connectivity index (χ3n) is 1.39. The first-order valence-electron chi connectivity index (χ1n) is 2.86. The molecule has 0 atom stereocenters. The first-order valence-corrected chi connectivity index (χ1v) is 3.53. The first kappa shape index (κ1) is 7.81. The second kappa shape index (κ2) is 3.21. The number of hydrogen-bond acceptors (Lipinski definition) is 3. The summed E-state index contributed by atoms with van der Waals surface area (Å²) < 4.78 is 16.6. The lowest BCUT2D eigenvalue weighted by atomic mass is 9.92. The minimum Gasteiger partial charge on any atom is -0.289 e. The van der Waals surface area contributed by atoms with Crippen molar-refractivity contribution in [2.24, 2.45) is 0 Å². The quantitative estimate of drug-likeness (QED) is 0.577. The molecule has 0 N–H and O–H groups in total. The van der Waals surface area contributed by atoms with Crippen LogP contribution < -0.4 is 0 Å². The predicted octanol–water partition coefficient (Wildman–Crippen LogP) is 0.561. The minimum absolute atomic E-state index is 0.201. The van der Waals surface area contributed by atoms with Gasteiger partial charge < -0.3 is 0 Å². The van der Waals surface area contributed by atoms with E-state index in [1.807, 2.05) is 24.3 Å². The molecule has 2 aliphatic carbocycles. The number of carbonyl (C=O) groups excluding carboxylic acids is 1. The van der Waals surface area contributed by atoms with Crippen LogP contribution in [0.1, 0.15) is 15.9 Å². The molecule has 11 heavy (non-hydrogen) atoms. The summed E-state index contributed by atoms with van der Waals surface area (Å²) in [5, 5.41) is 0. The van der Waals surface area contributed by atoms with E-state index in [-0.39, 0.29) is 5.78 Å². The van der Waals surface area contributed by atoms with Gasteiger partial charge in [-0.3, -0.25) is 4.79 Å². The molecule has 1 aromatic rings. The van der Waals surface area contributed by atoms with Gasteiger partial charge in [-0.2, -0.15) is 8.42 Å². The van der Waals surface area contributed by atoms with Crippen LogP contribution in [-0.2, 0) is 11.6 Å². The van der Waals surface area contributed by atoms with Gasteiger partial charge in [0, 0.05) is 11.1 Å². The van der Waals surface area contributed by atoms with E-state index in [0.29, 0.717) is 0 Å². The molecule has 0 aromatic heterocycles. The Hall–Kier alpha value is -1.29. The van der Waals surface area contributed by atoms with Crippen LogP contribution in [0.15, 0.2) is 24.3 Å². The molecular formula is C7H4O3S. The maximum Gasteiger partial charge on any atom is 0.335 e. The third kappa shape index (κ3) is 1.40. The summed E-state index contributed by atoms with van der Waals surface area (Å²) in [5.41, 5.74) is 1.70. The lowest BCUT2D eigenvalue weighted by Crippen LogP contribution is -2.10. The van der Waals surface area contributed by atoms with Gasteiger partial charge >= 0.3 is 11.6 Å². The molecule has 3 nitrogen and oxygen atoms in total. The average Bonchev–Trinajstić information content (AvgIpc) is 2.06. The van der Waals surface area contributed by atoms with Gasteiger partial charge in [0.05, 0.1) is 0 Å². The normalized spacial score (nSPS) is 10.7. The zero-order valence-electron chi connectivity index (χ0n) is 5.44. The Morgan fingerprint density at radius 1 is 1.09 bits per heavy atom. The van der Waals surface area contributed by atoms with Gasteiger partial charge in [0.2, 0.25) is 0 Å². The van der Waals surface area contributed by atoms with E-state index in [1.165, 1.54) is 0 Å². The van der Waals surface area contributed by atoms with Crippen LogP contribution >= 0.6 is 0 Å². The number of carbonyl (C=O) groups is 1. The molecule has 0 aliphatic heterocycles. The van der Waals surface area contributed by atoms with Gasteiger partial charge in [-0.05, 0) is 6.07 Å². The van der Waals surface area contributed by atoms with Crippen LogP contribution in [0.25, 0.3) is 0 Å². The fraction of sp³-hybridized carbons (Fsp3) is 0. The van der Waals surface area contributed by atoms with E-state index in [4.69, 9.17) is 8.42 Å². The molecule has 0 fully saturated rings. The highest BCUT2D eigenvalue weighted by Gasteiger charge is 2.17. The molecule has 0 saturated carbocycles. The van der Waals surface area contributed by atoms with E-state index in [1.54, 1.807) is 0 Å². The summed E-state index contributed by atoms with van der Waals surface area (Å²) in [5.74, 6) is 0.201. The summed E-state index contributed by atoms with van der Waals surface area (Å²) in [6, 6.07) is 7.44. The molecule has 0 heterocycles. The standard InChI is InChI=1S/C7H4O.O2S/c8-7-5-2-1-3-6(7)4-5;1-3-2/h1-4H;. The van der Waals surface area contributed by atoms with Crippen molar-refractivity contribution in [3.63, 3.8) is 0 Å². The molecular weight excluding hydrogens is 164 g/mol. The average molecular weight is 168 g/mol. The van der Waals surface area contributed by atoms with Gasteiger partial charge in [-0.25, -0.2) is 0 Å². The van der Waals surface area contributed by atoms with Crippen LogP contribution in [0.5, 0.6) is 0 Å². The molecule has 0 radical (unpaired) electrons. The molecule has 3 rings (SSSR count). The Kier molecular flexibility index (Phi) is 2.28. The number of benzene rings is 1. The van der Waals surface area contributed by atoms with E-state index in [2.05, 4.69) is 0 Å². The lowest BCUT2D eigenvalue weighted by Gasteiger charge is -2.10. The smallest absolute Gasteiger partial charge is 0.289 e. The third-order valence-corrected chi connectivity index (χ3v) is 1.39. The maximum absolute atomic E-state index is 10.7. The molecule has 2 aliphatic rings. The Morgan fingerprint density at radius 2 is 1.55 bits per heavy atom. The number of ketones is 1. The summed E-state index contributed by atoms with van der Waals surface area (Å²) in [6.07, 6.45) is 0. The summed E-state index contributed by atoms with van der Waals surface area (Å²) in [7, 11) is 0. The molecule has 1 aromatic carbocycles. The minimum atomic E-state index is -0.750. The molecule has 4 heteroatoms. The summed E-state index contributed by atoms with van der Waals surface area (Å²) in [6.45, 7) is 0. The van der Waals surface area contributed by atoms with Crippen molar-refractivity contribution < 1.29 is 13.2 Å². The predicted molar refractivity (Wildman–Crippen MR) is 38.8 cm³/mol. The van der Waals surface area contributed by atoms with Crippen molar-refractivity contribution in [3.8, 4) is 0 Å². The number of hydrogen-bond donors (Lipinski definition) is 0. The Morgan fingerprint density at radius 3 is 1.73 bits per heavy atom. The lowest BCUT2D eigenvalue weighted by molar-refractivity contribution is 0.102. The van der Waals surface area contributed by atoms with Crippen LogP contribution in [0.4, 0.5) is 0 Å². The SMILES string of the molecule is O=C1c2cccc1c2.O=S=O. The van der Waals surface area contributed by atoms with Gasteiger partial charge in [-0.15, -0.1) is 0 Å². The van der Waals surface area contributed by atoms with Crippen molar-refractivity contribution >= 4 is 17.4 Å². The first-order chi connectivity index (χ1) is 5.29. The van der Waals surface area contributed by atoms with E-state index < -0.39 is 11.6 Å². The van der Waals surface area contributed by atoms with Gasteiger partial charge in [0.25, 0.3) is 0 Å². The Balaban J connectivity index is 0.000000179. The van der Waals surface area contributed by atoms with Gasteiger partial charge in [-0.1, -0.05) is 18.2 Å². The highest BCUT2D eigenvalue weighted by atomic mass is 32.1. The van der Waals surface area contributed by atoms with Crippen LogP contribution in [0, 0.1) is 0 Å². The van der Waals surface area contributed by atoms with E-state index in [9.17, 15) is 4.79 Å². The second-order valence-corrected chi connectivity index (χ2v) is 2.11. The van der Waals surface area contributed by atoms with Crippen molar-refractivity contribution in [3.05, 3.63) is 35.4 Å². The highest BCUT2D eigenvalue weighted by Crippen LogP contribution is 2.19. The maximum atomic E-state index is 10.7. The fourth-order valence-corrected chi connectivity index (χ4v) is 0.891. The topological polar surface area (TPSA) is 51.2 Å². The van der Waals surface area contributed by atoms with Crippen molar-refractivity contribution in [2.75, 3.05) is 0 Å². The zero-order chi connectivity index (χ0) is 8.27. The monoisotopic (exact) mass is 168 g/mol. The molecule has 0 spiro atoms. The summed E-state index contributed by atoms with van der Waals surface area (Å²) >= 11 is -0.750. The molecule has 0 amide bonds. The fourth-order valence-electron chi connectivity index (χ4n) is 0.891. The molecule has 0 saturated heterocycles. The number of fused-ring (bicyclic) bond motifs is 2. The van der Waals surface area contributed by atoms with Crippen molar-refractivity contribution in [2.45, 2.75) is 0 Å². The van der Waals surface area contributed by atoms with Crippen LogP contribution in [0.3, 0.4) is 0 Å². The highest BCUT2D eigenvalue weighted by molar-refractivity contribution is 7.51. The van der Waals surface area contributed by atoms with Crippen molar-refractivity contribution in [1.82, 2.24) is 0 Å². The van der Waals surface area contributed by atoms with E-state index in [0.717, 1.165) is 11.1 Å². The Labute approximate surface area is 66.6 Å². The molecule has 0 unspecified atom stereocenters. The molecule has 56 valence electrons. The Bertz CT molecular complexity index is 297. The number of rotatable bonds is 0. The van der Waals surface area contributed by atoms with Gasteiger partial charge in [0.15, 0.2) is 5.78 Å². The largest absolute Gasteiger partial charge is 0.335 e. The molecule has 2 bridgehead atoms. The van der Waals surface area contributed by atoms with Crippen LogP contribution in [0.2, 0.25) is 0 Å². The summed E-state index contributed by atoms with van der Waals surface area (Å²) in [4.78, 5) is 10.7.